The normalized spacial score (nSPS) is 16.3. The Kier molecular flexibility index (Phi) is 6.03. The van der Waals surface area contributed by atoms with E-state index < -0.39 is 0 Å². The summed E-state index contributed by atoms with van der Waals surface area (Å²) in [7, 11) is 1.90. The molecule has 1 aliphatic carbocycles. The van der Waals surface area contributed by atoms with E-state index in [1.54, 1.807) is 12.1 Å². The second-order valence-corrected chi connectivity index (χ2v) is 5.70. The zero-order chi connectivity index (χ0) is 15.1. The molecule has 4 heteroatoms. The van der Waals surface area contributed by atoms with E-state index in [1.165, 1.54) is 37.8 Å². The van der Waals surface area contributed by atoms with Gasteiger partial charge in [0.2, 0.25) is 5.91 Å². The molecular weight excluding hydrogens is 269 g/mol. The molecule has 0 aliphatic heterocycles. The molecule has 0 spiro atoms. The van der Waals surface area contributed by atoms with E-state index in [1.807, 2.05) is 11.9 Å². The van der Waals surface area contributed by atoms with Gasteiger partial charge < -0.3 is 9.64 Å². The summed E-state index contributed by atoms with van der Waals surface area (Å²) in [6.07, 6.45) is 7.59. The molecule has 1 aromatic carbocycles. The van der Waals surface area contributed by atoms with Gasteiger partial charge >= 0.3 is 0 Å². The summed E-state index contributed by atoms with van der Waals surface area (Å²) in [6.45, 7) is 0.335. The minimum absolute atomic E-state index is 0.129. The first-order valence-electron chi connectivity index (χ1n) is 7.81. The molecule has 3 nitrogen and oxygen atoms in total. The number of nitrogens with zero attached hydrogens (tertiary/aromatic N) is 1. The third-order valence-electron chi connectivity index (χ3n) is 4.16. The molecule has 1 aliphatic rings. The Morgan fingerprint density at radius 1 is 1.19 bits per heavy atom. The molecule has 1 amide bonds. The van der Waals surface area contributed by atoms with E-state index >= 15 is 0 Å². The van der Waals surface area contributed by atoms with Gasteiger partial charge in [0, 0.05) is 13.1 Å². The standard InChI is InChI=1S/C17H24FNO2/c1-19(15-6-4-2-3-5-7-15)17(20)12-13-21-16-10-8-14(18)9-11-16/h8-11,15H,2-7,12-13H2,1H3. The van der Waals surface area contributed by atoms with Gasteiger partial charge in [-0.2, -0.15) is 0 Å². The van der Waals surface area contributed by atoms with Crippen LogP contribution in [0.5, 0.6) is 5.75 Å². The monoisotopic (exact) mass is 293 g/mol. The van der Waals surface area contributed by atoms with Gasteiger partial charge in [0.1, 0.15) is 11.6 Å². The van der Waals surface area contributed by atoms with Crippen LogP contribution in [0.2, 0.25) is 0 Å². The highest BCUT2D eigenvalue weighted by Gasteiger charge is 2.20. The van der Waals surface area contributed by atoms with Crippen molar-refractivity contribution in [1.82, 2.24) is 4.90 Å². The zero-order valence-electron chi connectivity index (χ0n) is 12.7. The van der Waals surface area contributed by atoms with Crippen molar-refractivity contribution >= 4 is 5.91 Å². The van der Waals surface area contributed by atoms with Crippen LogP contribution in [0.1, 0.15) is 44.9 Å². The van der Waals surface area contributed by atoms with Crippen LogP contribution in [0, 0.1) is 5.82 Å². The first-order chi connectivity index (χ1) is 10.2. The van der Waals surface area contributed by atoms with E-state index in [-0.39, 0.29) is 11.7 Å². The van der Waals surface area contributed by atoms with Crippen LogP contribution in [0.25, 0.3) is 0 Å². The van der Waals surface area contributed by atoms with Crippen LogP contribution in [-0.4, -0.2) is 30.5 Å². The van der Waals surface area contributed by atoms with Crippen molar-refractivity contribution in [3.63, 3.8) is 0 Å². The van der Waals surface area contributed by atoms with Crippen molar-refractivity contribution in [2.75, 3.05) is 13.7 Å². The summed E-state index contributed by atoms with van der Waals surface area (Å²) in [5.41, 5.74) is 0. The second kappa shape index (κ2) is 8.01. The maximum atomic E-state index is 12.8. The van der Waals surface area contributed by atoms with Gasteiger partial charge in [-0.3, -0.25) is 4.79 Å². The lowest BCUT2D eigenvalue weighted by Gasteiger charge is -2.27. The molecular formula is C17H24FNO2. The zero-order valence-corrected chi connectivity index (χ0v) is 12.7. The van der Waals surface area contributed by atoms with Crippen molar-refractivity contribution in [1.29, 1.82) is 0 Å². The van der Waals surface area contributed by atoms with Crippen LogP contribution in [0.4, 0.5) is 4.39 Å². The topological polar surface area (TPSA) is 29.5 Å². The lowest BCUT2D eigenvalue weighted by Crippen LogP contribution is -2.37. The Hall–Kier alpha value is -1.58. The van der Waals surface area contributed by atoms with E-state index in [9.17, 15) is 9.18 Å². The first-order valence-corrected chi connectivity index (χ1v) is 7.81. The lowest BCUT2D eigenvalue weighted by atomic mass is 10.1. The smallest absolute Gasteiger partial charge is 0.225 e. The number of hydrogen-bond acceptors (Lipinski definition) is 2. The average molecular weight is 293 g/mol. The summed E-state index contributed by atoms with van der Waals surface area (Å²) in [4.78, 5) is 14.1. The third-order valence-corrected chi connectivity index (χ3v) is 4.16. The van der Waals surface area contributed by atoms with Crippen molar-refractivity contribution in [2.24, 2.45) is 0 Å². The number of rotatable bonds is 5. The Balaban J connectivity index is 1.74. The average Bonchev–Trinajstić information content (AvgIpc) is 2.77. The van der Waals surface area contributed by atoms with E-state index in [0.717, 1.165) is 12.8 Å². The van der Waals surface area contributed by atoms with Crippen LogP contribution in [-0.2, 0) is 4.79 Å². The van der Waals surface area contributed by atoms with Crippen LogP contribution in [0.3, 0.4) is 0 Å². The van der Waals surface area contributed by atoms with Gasteiger partial charge in [0.15, 0.2) is 0 Å². The minimum atomic E-state index is -0.286. The van der Waals surface area contributed by atoms with Crippen molar-refractivity contribution in [3.8, 4) is 5.75 Å². The molecule has 0 radical (unpaired) electrons. The highest BCUT2D eigenvalue weighted by Crippen LogP contribution is 2.21. The number of amides is 1. The summed E-state index contributed by atoms with van der Waals surface area (Å²) in [5.74, 6) is 0.442. The molecule has 21 heavy (non-hydrogen) atoms. The largest absolute Gasteiger partial charge is 0.493 e. The van der Waals surface area contributed by atoms with Crippen LogP contribution >= 0.6 is 0 Å². The van der Waals surface area contributed by atoms with E-state index in [0.29, 0.717) is 24.8 Å². The fraction of sp³-hybridized carbons (Fsp3) is 0.588. The first kappa shape index (κ1) is 15.8. The van der Waals surface area contributed by atoms with Crippen LogP contribution < -0.4 is 4.74 Å². The fourth-order valence-corrected chi connectivity index (χ4v) is 2.81. The maximum Gasteiger partial charge on any atom is 0.225 e. The molecule has 1 fully saturated rings. The molecule has 0 aromatic heterocycles. The van der Waals surface area contributed by atoms with Gasteiger partial charge in [-0.1, -0.05) is 25.7 Å². The lowest BCUT2D eigenvalue weighted by molar-refractivity contribution is -0.132. The molecule has 0 N–H and O–H groups in total. The van der Waals surface area contributed by atoms with E-state index in [4.69, 9.17) is 4.74 Å². The summed E-state index contributed by atoms with van der Waals surface area (Å²) in [6, 6.07) is 6.25. The number of ether oxygens (including phenoxy) is 1. The molecule has 0 heterocycles. The number of carbonyl (C=O) groups excluding carboxylic acids is 1. The van der Waals surface area contributed by atoms with Gasteiger partial charge in [0.25, 0.3) is 0 Å². The molecule has 116 valence electrons. The van der Waals surface area contributed by atoms with Crippen molar-refractivity contribution in [2.45, 2.75) is 51.0 Å². The maximum absolute atomic E-state index is 12.8. The van der Waals surface area contributed by atoms with Crippen LogP contribution in [0.15, 0.2) is 24.3 Å². The molecule has 1 saturated carbocycles. The summed E-state index contributed by atoms with van der Waals surface area (Å²) >= 11 is 0. The molecule has 2 rings (SSSR count). The summed E-state index contributed by atoms with van der Waals surface area (Å²) < 4.78 is 18.2. The number of carbonyl (C=O) groups is 1. The number of benzene rings is 1. The van der Waals surface area contributed by atoms with Gasteiger partial charge in [0.05, 0.1) is 13.0 Å². The molecule has 0 unspecified atom stereocenters. The molecule has 1 aromatic rings. The molecule has 0 atom stereocenters. The second-order valence-electron chi connectivity index (χ2n) is 5.70. The van der Waals surface area contributed by atoms with E-state index in [2.05, 4.69) is 0 Å². The van der Waals surface area contributed by atoms with Gasteiger partial charge in [-0.05, 0) is 37.1 Å². The highest BCUT2D eigenvalue weighted by atomic mass is 19.1. The Labute approximate surface area is 126 Å². The Morgan fingerprint density at radius 3 is 2.43 bits per heavy atom. The number of hydrogen-bond donors (Lipinski definition) is 0. The third kappa shape index (κ3) is 5.03. The minimum Gasteiger partial charge on any atom is -0.493 e. The van der Waals surface area contributed by atoms with Gasteiger partial charge in [-0.15, -0.1) is 0 Å². The summed E-state index contributed by atoms with van der Waals surface area (Å²) in [5, 5.41) is 0. The number of halogens is 1. The Bertz CT molecular complexity index is 439. The highest BCUT2D eigenvalue weighted by molar-refractivity contribution is 5.76. The predicted molar refractivity (Wildman–Crippen MR) is 80.8 cm³/mol. The van der Waals surface area contributed by atoms with Gasteiger partial charge in [-0.25, -0.2) is 4.39 Å². The van der Waals surface area contributed by atoms with Crippen molar-refractivity contribution < 1.29 is 13.9 Å². The Morgan fingerprint density at radius 2 is 1.81 bits per heavy atom. The molecule has 0 bridgehead atoms. The SMILES string of the molecule is CN(C(=O)CCOc1ccc(F)cc1)C1CCCCCC1. The fourth-order valence-electron chi connectivity index (χ4n) is 2.81. The quantitative estimate of drug-likeness (QED) is 0.773. The predicted octanol–water partition coefficient (Wildman–Crippen LogP) is 3.78. The molecule has 0 saturated heterocycles. The van der Waals surface area contributed by atoms with Crippen molar-refractivity contribution in [3.05, 3.63) is 30.1 Å².